The van der Waals surface area contributed by atoms with Crippen LogP contribution in [0.4, 0.5) is 0 Å². The number of aromatic nitrogens is 4. The van der Waals surface area contributed by atoms with Gasteiger partial charge in [-0.25, -0.2) is 0 Å². The quantitative estimate of drug-likeness (QED) is 0.937. The molecule has 0 radical (unpaired) electrons. The Kier molecular flexibility index (Phi) is 4.31. The van der Waals surface area contributed by atoms with Gasteiger partial charge in [0.25, 0.3) is 0 Å². The first-order valence-electron chi connectivity index (χ1n) is 6.17. The van der Waals surface area contributed by atoms with Crippen molar-refractivity contribution in [2.24, 2.45) is 7.05 Å². The fourth-order valence-electron chi connectivity index (χ4n) is 1.86. The van der Waals surface area contributed by atoms with E-state index in [9.17, 15) is 0 Å². The van der Waals surface area contributed by atoms with E-state index in [2.05, 4.69) is 36.3 Å². The maximum absolute atomic E-state index is 4.58. The molecule has 0 aliphatic carbocycles. The molecule has 0 fully saturated rings. The van der Waals surface area contributed by atoms with Gasteiger partial charge in [0.15, 0.2) is 0 Å². The van der Waals surface area contributed by atoms with E-state index < -0.39 is 0 Å². The summed E-state index contributed by atoms with van der Waals surface area (Å²) in [7, 11) is 1.93. The number of rotatable bonds is 4. The lowest BCUT2D eigenvalue weighted by molar-refractivity contribution is 0.613. The molecule has 2 rings (SSSR count). The first kappa shape index (κ1) is 14.1. The minimum Gasteiger partial charge on any atom is -0.305 e. The van der Waals surface area contributed by atoms with Gasteiger partial charge in [-0.05, 0) is 36.7 Å². The van der Waals surface area contributed by atoms with Crippen LogP contribution in [-0.4, -0.2) is 19.7 Å². The minimum absolute atomic E-state index is 0.706. The van der Waals surface area contributed by atoms with Gasteiger partial charge in [-0.15, -0.1) is 0 Å². The Morgan fingerprint density at radius 3 is 2.42 bits per heavy atom. The SMILES string of the molecule is Cc1nc(C)c(CNCc2c(Br)cnn2C)nc1C. The van der Waals surface area contributed by atoms with Gasteiger partial charge in [0.1, 0.15) is 0 Å². The van der Waals surface area contributed by atoms with E-state index in [1.807, 2.05) is 32.5 Å². The zero-order valence-electron chi connectivity index (χ0n) is 11.7. The molecule has 2 heterocycles. The Morgan fingerprint density at radius 2 is 1.79 bits per heavy atom. The average molecular weight is 324 g/mol. The summed E-state index contributed by atoms with van der Waals surface area (Å²) in [4.78, 5) is 9.07. The van der Waals surface area contributed by atoms with E-state index in [-0.39, 0.29) is 0 Å². The van der Waals surface area contributed by atoms with Crippen LogP contribution < -0.4 is 5.32 Å². The van der Waals surface area contributed by atoms with Crippen LogP contribution in [0.2, 0.25) is 0 Å². The molecule has 2 aromatic rings. The molecule has 19 heavy (non-hydrogen) atoms. The van der Waals surface area contributed by atoms with E-state index in [4.69, 9.17) is 0 Å². The second-order valence-electron chi connectivity index (χ2n) is 4.59. The number of hydrogen-bond donors (Lipinski definition) is 1. The van der Waals surface area contributed by atoms with Crippen LogP contribution in [-0.2, 0) is 20.1 Å². The third-order valence-corrected chi connectivity index (χ3v) is 3.84. The molecular weight excluding hydrogens is 306 g/mol. The minimum atomic E-state index is 0.706. The summed E-state index contributed by atoms with van der Waals surface area (Å²) < 4.78 is 2.88. The van der Waals surface area contributed by atoms with Crippen LogP contribution in [0.15, 0.2) is 10.7 Å². The molecule has 0 aromatic carbocycles. The summed E-state index contributed by atoms with van der Waals surface area (Å²) in [6.07, 6.45) is 1.80. The van der Waals surface area contributed by atoms with Gasteiger partial charge in [-0.3, -0.25) is 14.6 Å². The van der Waals surface area contributed by atoms with Gasteiger partial charge in [0.2, 0.25) is 0 Å². The van der Waals surface area contributed by atoms with Crippen LogP contribution in [0.3, 0.4) is 0 Å². The van der Waals surface area contributed by atoms with Crippen LogP contribution >= 0.6 is 15.9 Å². The first-order chi connectivity index (χ1) is 8.99. The molecule has 0 aliphatic heterocycles. The zero-order valence-corrected chi connectivity index (χ0v) is 13.2. The molecule has 0 unspecified atom stereocenters. The highest BCUT2D eigenvalue weighted by atomic mass is 79.9. The Balaban J connectivity index is 2.02. The fraction of sp³-hybridized carbons (Fsp3) is 0.462. The molecule has 0 saturated heterocycles. The predicted octanol–water partition coefficient (Wildman–Crippen LogP) is 2.19. The van der Waals surface area contributed by atoms with E-state index in [1.54, 1.807) is 6.20 Å². The molecular formula is C13H18BrN5. The second-order valence-corrected chi connectivity index (χ2v) is 5.45. The number of hydrogen-bond acceptors (Lipinski definition) is 4. The van der Waals surface area contributed by atoms with E-state index in [0.717, 1.165) is 39.5 Å². The van der Waals surface area contributed by atoms with Crippen LogP contribution in [0.1, 0.15) is 28.5 Å². The summed E-state index contributed by atoms with van der Waals surface area (Å²) in [5.41, 5.74) is 5.09. The van der Waals surface area contributed by atoms with Crippen LogP contribution in [0, 0.1) is 20.8 Å². The topological polar surface area (TPSA) is 55.6 Å². The van der Waals surface area contributed by atoms with Gasteiger partial charge in [-0.1, -0.05) is 0 Å². The van der Waals surface area contributed by atoms with Gasteiger partial charge >= 0.3 is 0 Å². The lowest BCUT2D eigenvalue weighted by atomic mass is 10.2. The van der Waals surface area contributed by atoms with E-state index >= 15 is 0 Å². The molecule has 0 amide bonds. The van der Waals surface area contributed by atoms with Crippen LogP contribution in [0.25, 0.3) is 0 Å². The van der Waals surface area contributed by atoms with Crippen molar-refractivity contribution in [3.63, 3.8) is 0 Å². The Hall–Kier alpha value is -1.27. The van der Waals surface area contributed by atoms with Crippen molar-refractivity contribution in [2.75, 3.05) is 0 Å². The molecule has 2 aromatic heterocycles. The van der Waals surface area contributed by atoms with Gasteiger partial charge in [0, 0.05) is 20.1 Å². The molecule has 0 aliphatic rings. The van der Waals surface area contributed by atoms with Crippen molar-refractivity contribution in [2.45, 2.75) is 33.9 Å². The van der Waals surface area contributed by atoms with Gasteiger partial charge in [-0.2, -0.15) is 5.10 Å². The number of aryl methyl sites for hydroxylation is 4. The van der Waals surface area contributed by atoms with Crippen molar-refractivity contribution in [1.82, 2.24) is 25.1 Å². The molecule has 0 spiro atoms. The standard InChI is InChI=1S/C13H18BrN5/c1-8-9(2)18-12(10(3)17-8)6-15-7-13-11(14)5-16-19(13)4/h5,15H,6-7H2,1-4H3. The van der Waals surface area contributed by atoms with Crippen molar-refractivity contribution in [1.29, 1.82) is 0 Å². The molecule has 6 heteroatoms. The lowest BCUT2D eigenvalue weighted by Crippen LogP contribution is -2.18. The second kappa shape index (κ2) is 5.79. The van der Waals surface area contributed by atoms with Gasteiger partial charge in [0.05, 0.1) is 39.1 Å². The number of nitrogens with one attached hydrogen (secondary N) is 1. The first-order valence-corrected chi connectivity index (χ1v) is 6.96. The van der Waals surface area contributed by atoms with Gasteiger partial charge < -0.3 is 5.32 Å². The highest BCUT2D eigenvalue weighted by Crippen LogP contribution is 2.14. The zero-order chi connectivity index (χ0) is 14.0. The summed E-state index contributed by atoms with van der Waals surface area (Å²) in [6, 6.07) is 0. The highest BCUT2D eigenvalue weighted by Gasteiger charge is 2.08. The van der Waals surface area contributed by atoms with Crippen LogP contribution in [0.5, 0.6) is 0 Å². The number of nitrogens with zero attached hydrogens (tertiary/aromatic N) is 4. The predicted molar refractivity (Wildman–Crippen MR) is 77.7 cm³/mol. The monoisotopic (exact) mass is 323 g/mol. The smallest absolute Gasteiger partial charge is 0.0757 e. The summed E-state index contributed by atoms with van der Waals surface area (Å²) in [5.74, 6) is 0. The van der Waals surface area contributed by atoms with Crippen molar-refractivity contribution in [3.8, 4) is 0 Å². The maximum atomic E-state index is 4.58. The fourth-order valence-corrected chi connectivity index (χ4v) is 2.35. The summed E-state index contributed by atoms with van der Waals surface area (Å²) in [6.45, 7) is 7.42. The summed E-state index contributed by atoms with van der Waals surface area (Å²) in [5, 5.41) is 7.57. The molecule has 0 bridgehead atoms. The third kappa shape index (κ3) is 3.19. The summed E-state index contributed by atoms with van der Waals surface area (Å²) >= 11 is 3.49. The normalized spacial score (nSPS) is 11.0. The van der Waals surface area contributed by atoms with Crippen molar-refractivity contribution >= 4 is 15.9 Å². The highest BCUT2D eigenvalue weighted by molar-refractivity contribution is 9.10. The Bertz CT molecular complexity index is 571. The molecule has 5 nitrogen and oxygen atoms in total. The van der Waals surface area contributed by atoms with E-state index in [1.165, 1.54) is 0 Å². The van der Waals surface area contributed by atoms with Crippen molar-refractivity contribution < 1.29 is 0 Å². The third-order valence-electron chi connectivity index (χ3n) is 3.17. The van der Waals surface area contributed by atoms with Crippen molar-refractivity contribution in [3.05, 3.63) is 39.1 Å². The molecule has 102 valence electrons. The Labute approximate surface area is 121 Å². The van der Waals surface area contributed by atoms with E-state index in [0.29, 0.717) is 6.54 Å². The Morgan fingerprint density at radius 1 is 1.11 bits per heavy atom. The molecule has 0 atom stereocenters. The maximum Gasteiger partial charge on any atom is 0.0757 e. The number of halogens is 1. The largest absolute Gasteiger partial charge is 0.305 e. The lowest BCUT2D eigenvalue weighted by Gasteiger charge is -2.09. The molecule has 0 saturated carbocycles. The average Bonchev–Trinajstić information content (AvgIpc) is 2.67. The molecule has 1 N–H and O–H groups in total.